The normalized spacial score (nSPS) is 15.8. The quantitative estimate of drug-likeness (QED) is 0.588. The van der Waals surface area contributed by atoms with Gasteiger partial charge in [0.15, 0.2) is 0 Å². The highest BCUT2D eigenvalue weighted by Crippen LogP contribution is 2.24. The molecule has 0 aliphatic carbocycles. The van der Waals surface area contributed by atoms with Crippen molar-refractivity contribution >= 4 is 17.5 Å². The fraction of sp³-hybridized carbons (Fsp3) is 0.333. The van der Waals surface area contributed by atoms with Crippen LogP contribution in [-0.4, -0.2) is 66.2 Å². The maximum absolute atomic E-state index is 12.9. The van der Waals surface area contributed by atoms with Crippen LogP contribution < -0.4 is 15.4 Å². The maximum Gasteiger partial charge on any atom is 0.224 e. The number of pyridine rings is 1. The highest BCUT2D eigenvalue weighted by atomic mass is 16.5. The molecule has 2 N–H and O–H groups in total. The highest BCUT2D eigenvalue weighted by Gasteiger charge is 2.26. The number of amides is 1. The second kappa shape index (κ2) is 10.3. The standard InChI is InChI=1S/C24H28N6O3/c1-29(19-4-3-5-20(12-19)32-2)9-8-23(31)30-10-11-33-22(16-30)21-7-6-17(13-26-21)18-14-27-24(25)28-15-18/h3-7,12-15,22H,8-11,16H2,1-2H3,(H2,25,27,28)/t22-/m0/s1. The Morgan fingerprint density at radius 1 is 1.18 bits per heavy atom. The third kappa shape index (κ3) is 5.56. The zero-order valence-electron chi connectivity index (χ0n) is 18.8. The predicted octanol–water partition coefficient (Wildman–Crippen LogP) is 2.56. The number of hydrogen-bond acceptors (Lipinski definition) is 8. The van der Waals surface area contributed by atoms with Crippen LogP contribution in [0, 0.1) is 0 Å². The van der Waals surface area contributed by atoms with Gasteiger partial charge in [-0.05, 0) is 18.2 Å². The van der Waals surface area contributed by atoms with Crippen LogP contribution in [0.1, 0.15) is 18.2 Å². The van der Waals surface area contributed by atoms with E-state index < -0.39 is 0 Å². The second-order valence-corrected chi connectivity index (χ2v) is 7.87. The number of anilines is 2. The van der Waals surface area contributed by atoms with Crippen molar-refractivity contribution in [1.82, 2.24) is 19.9 Å². The van der Waals surface area contributed by atoms with Crippen LogP contribution in [0.15, 0.2) is 55.0 Å². The number of aromatic nitrogens is 3. The van der Waals surface area contributed by atoms with E-state index in [1.54, 1.807) is 25.7 Å². The largest absolute Gasteiger partial charge is 0.497 e. The molecule has 3 aromatic rings. The Kier molecular flexibility index (Phi) is 6.99. The number of hydrogen-bond donors (Lipinski definition) is 1. The van der Waals surface area contributed by atoms with Gasteiger partial charge in [0.2, 0.25) is 11.9 Å². The van der Waals surface area contributed by atoms with Gasteiger partial charge in [0.1, 0.15) is 11.9 Å². The Morgan fingerprint density at radius 3 is 2.70 bits per heavy atom. The Morgan fingerprint density at radius 2 is 1.97 bits per heavy atom. The summed E-state index contributed by atoms with van der Waals surface area (Å²) in [6.07, 6.45) is 5.26. The van der Waals surface area contributed by atoms with Crippen LogP contribution >= 0.6 is 0 Å². The molecule has 1 atom stereocenters. The lowest BCUT2D eigenvalue weighted by atomic mass is 10.1. The number of morpholine rings is 1. The molecule has 4 rings (SSSR count). The smallest absolute Gasteiger partial charge is 0.224 e. The summed E-state index contributed by atoms with van der Waals surface area (Å²) in [6, 6.07) is 11.7. The molecule has 1 aliphatic rings. The third-order valence-electron chi connectivity index (χ3n) is 5.70. The molecular weight excluding hydrogens is 420 g/mol. The average molecular weight is 449 g/mol. The first-order chi connectivity index (χ1) is 16.0. The molecule has 172 valence electrons. The van der Waals surface area contributed by atoms with Crippen LogP contribution in [0.25, 0.3) is 11.1 Å². The van der Waals surface area contributed by atoms with Crippen molar-refractivity contribution in [3.63, 3.8) is 0 Å². The molecule has 1 aliphatic heterocycles. The fourth-order valence-corrected chi connectivity index (χ4v) is 3.71. The SMILES string of the molecule is COc1cccc(N(C)CCC(=O)N2CCO[C@H](c3ccc(-c4cnc(N)nc4)cn3)C2)c1. The van der Waals surface area contributed by atoms with Crippen LogP contribution in [0.5, 0.6) is 5.75 Å². The molecule has 9 nitrogen and oxygen atoms in total. The molecule has 0 saturated carbocycles. The molecule has 1 aromatic carbocycles. The van der Waals surface area contributed by atoms with Gasteiger partial charge in [-0.1, -0.05) is 12.1 Å². The van der Waals surface area contributed by atoms with E-state index in [1.807, 2.05) is 48.3 Å². The molecule has 3 heterocycles. The minimum atomic E-state index is -0.254. The Balaban J connectivity index is 1.33. The summed E-state index contributed by atoms with van der Waals surface area (Å²) in [5, 5.41) is 0. The number of methoxy groups -OCH3 is 1. The molecule has 1 fully saturated rings. The number of nitrogen functional groups attached to an aromatic ring is 1. The van der Waals surface area contributed by atoms with Gasteiger partial charge >= 0.3 is 0 Å². The summed E-state index contributed by atoms with van der Waals surface area (Å²) in [6.45, 7) is 2.17. The number of carbonyl (C=O) groups excluding carboxylic acids is 1. The lowest BCUT2D eigenvalue weighted by molar-refractivity contribution is -0.138. The van der Waals surface area contributed by atoms with E-state index in [2.05, 4.69) is 19.9 Å². The molecule has 0 spiro atoms. The lowest BCUT2D eigenvalue weighted by Crippen LogP contribution is -2.43. The number of ether oxygens (including phenoxy) is 2. The van der Waals surface area contributed by atoms with Gasteiger partial charge in [-0.3, -0.25) is 9.78 Å². The van der Waals surface area contributed by atoms with Crippen molar-refractivity contribution in [2.75, 3.05) is 51.0 Å². The summed E-state index contributed by atoms with van der Waals surface area (Å²) in [5.74, 6) is 1.14. The first kappa shape index (κ1) is 22.5. The van der Waals surface area contributed by atoms with Gasteiger partial charge in [0.05, 0.1) is 26.0 Å². The van der Waals surface area contributed by atoms with Crippen molar-refractivity contribution in [3.05, 3.63) is 60.7 Å². The molecular formula is C24H28N6O3. The first-order valence-corrected chi connectivity index (χ1v) is 10.8. The number of nitrogens with two attached hydrogens (primary N) is 1. The van der Waals surface area contributed by atoms with Crippen LogP contribution in [0.3, 0.4) is 0 Å². The highest BCUT2D eigenvalue weighted by molar-refractivity contribution is 5.77. The summed E-state index contributed by atoms with van der Waals surface area (Å²) >= 11 is 0. The number of carbonyl (C=O) groups is 1. The van der Waals surface area contributed by atoms with E-state index >= 15 is 0 Å². The third-order valence-corrected chi connectivity index (χ3v) is 5.70. The van der Waals surface area contributed by atoms with Gasteiger partial charge in [-0.2, -0.15) is 0 Å². The minimum absolute atomic E-state index is 0.105. The number of benzene rings is 1. The molecule has 9 heteroatoms. The number of nitrogens with zero attached hydrogens (tertiary/aromatic N) is 5. The van der Waals surface area contributed by atoms with Crippen molar-refractivity contribution in [3.8, 4) is 16.9 Å². The summed E-state index contributed by atoms with van der Waals surface area (Å²) in [5.41, 5.74) is 9.08. The molecule has 1 saturated heterocycles. The zero-order valence-corrected chi connectivity index (χ0v) is 18.8. The fourth-order valence-electron chi connectivity index (χ4n) is 3.71. The van der Waals surface area contributed by atoms with E-state index in [1.165, 1.54) is 0 Å². The van der Waals surface area contributed by atoms with Gasteiger partial charge in [0.25, 0.3) is 0 Å². The van der Waals surface area contributed by atoms with Gasteiger partial charge in [-0.25, -0.2) is 9.97 Å². The maximum atomic E-state index is 12.9. The van der Waals surface area contributed by atoms with E-state index in [0.717, 1.165) is 28.3 Å². The topological polar surface area (TPSA) is 107 Å². The lowest BCUT2D eigenvalue weighted by Gasteiger charge is -2.33. The Hall–Kier alpha value is -3.72. The summed E-state index contributed by atoms with van der Waals surface area (Å²) in [4.78, 5) is 29.4. The number of rotatable bonds is 7. The predicted molar refractivity (Wildman–Crippen MR) is 126 cm³/mol. The van der Waals surface area contributed by atoms with Crippen LogP contribution in [0.4, 0.5) is 11.6 Å². The van der Waals surface area contributed by atoms with Crippen LogP contribution in [0.2, 0.25) is 0 Å². The van der Waals surface area contributed by atoms with Crippen LogP contribution in [-0.2, 0) is 9.53 Å². The average Bonchev–Trinajstić information content (AvgIpc) is 2.87. The zero-order chi connectivity index (χ0) is 23.2. The molecule has 0 unspecified atom stereocenters. The Labute approximate surface area is 193 Å². The van der Waals surface area contributed by atoms with Crippen molar-refractivity contribution in [2.24, 2.45) is 0 Å². The van der Waals surface area contributed by atoms with E-state index in [0.29, 0.717) is 32.7 Å². The Bertz CT molecular complexity index is 1070. The van der Waals surface area contributed by atoms with Crippen molar-refractivity contribution in [1.29, 1.82) is 0 Å². The summed E-state index contributed by atoms with van der Waals surface area (Å²) < 4.78 is 11.2. The van der Waals surface area contributed by atoms with E-state index in [4.69, 9.17) is 15.2 Å². The van der Waals surface area contributed by atoms with Crippen molar-refractivity contribution in [2.45, 2.75) is 12.5 Å². The summed E-state index contributed by atoms with van der Waals surface area (Å²) in [7, 11) is 3.62. The van der Waals surface area contributed by atoms with E-state index in [-0.39, 0.29) is 18.0 Å². The monoisotopic (exact) mass is 448 g/mol. The molecule has 2 aromatic heterocycles. The molecule has 0 bridgehead atoms. The minimum Gasteiger partial charge on any atom is -0.497 e. The van der Waals surface area contributed by atoms with Gasteiger partial charge < -0.3 is 25.0 Å². The molecule has 0 radical (unpaired) electrons. The van der Waals surface area contributed by atoms with Gasteiger partial charge in [-0.15, -0.1) is 0 Å². The molecule has 1 amide bonds. The second-order valence-electron chi connectivity index (χ2n) is 7.87. The van der Waals surface area contributed by atoms with E-state index in [9.17, 15) is 4.79 Å². The van der Waals surface area contributed by atoms with Gasteiger partial charge in [0, 0.05) is 68.0 Å². The first-order valence-electron chi connectivity index (χ1n) is 10.8. The van der Waals surface area contributed by atoms with Crippen molar-refractivity contribution < 1.29 is 14.3 Å². The molecule has 33 heavy (non-hydrogen) atoms.